The summed E-state index contributed by atoms with van der Waals surface area (Å²) in [6.07, 6.45) is 12.0. The zero-order valence-electron chi connectivity index (χ0n) is 76.7. The third-order valence-electron chi connectivity index (χ3n) is 21.7. The van der Waals surface area contributed by atoms with E-state index in [1.165, 1.54) is 82.6 Å². The van der Waals surface area contributed by atoms with Gasteiger partial charge in [0.1, 0.15) is 102 Å². The lowest BCUT2D eigenvalue weighted by molar-refractivity contribution is -0.140. The van der Waals surface area contributed by atoms with Crippen LogP contribution in [0.1, 0.15) is 282 Å². The fourth-order valence-corrected chi connectivity index (χ4v) is 13.6. The van der Waals surface area contributed by atoms with Crippen LogP contribution < -0.4 is 113 Å². The molecule has 1 saturated carbocycles. The number of carboxylic acids is 3. The molecule has 1 fully saturated rings. The molecule has 0 spiro atoms. The lowest BCUT2D eigenvalue weighted by atomic mass is 9.84. The Labute approximate surface area is 754 Å². The highest BCUT2D eigenvalue weighted by Gasteiger charge is 2.43. The number of nitrogens with two attached hydrogens (primary N) is 4. The van der Waals surface area contributed by atoms with Crippen LogP contribution in [0.4, 0.5) is 0 Å². The van der Waals surface area contributed by atoms with Crippen LogP contribution in [0.2, 0.25) is 0 Å². The van der Waals surface area contributed by atoms with E-state index in [1.54, 1.807) is 0 Å². The predicted molar refractivity (Wildman–Crippen MR) is 471 cm³/mol. The van der Waals surface area contributed by atoms with Crippen LogP contribution in [0.5, 0.6) is 0 Å². The highest BCUT2D eigenvalue weighted by molar-refractivity contribution is 6.02. The van der Waals surface area contributed by atoms with Crippen LogP contribution in [0, 0.1) is 0 Å². The van der Waals surface area contributed by atoms with E-state index < -0.39 is 265 Å². The summed E-state index contributed by atoms with van der Waals surface area (Å²) in [4.78, 5) is 280. The molecule has 0 aromatic carbocycles. The SMILES string of the molecule is CC(=O)N[C@@H](C)C(=O)N[C@@H](CCC(=O)O)C(=O)NC1(C(=O)N[C@@H](C)C(=O)N[C@@H](C)C(=O)N[C@@H](CCCCN)C(=O)N[C@@H](CCC(=O)O)C(=O)N[C@@H](C)C(=O)N[C@@H](C)C(=O)N[C@@H](C)C(=O)N[C@@H](CCCCN)C(=O)N[C@@H](CCC(=O)O)C(=O)N[C@@H](C)C(=O)N[C@@H](C)C(=O)N[C@@H](C)C(=O)N[C@@H](CCCCN)C(=O)N[C@@H](C)C(N)=O)CCCCCCCCCCCCCCCCC1. The number of carbonyl (C=O) groups excluding carboxylic acids is 18. The molecule has 45 heteroatoms. The van der Waals surface area contributed by atoms with Crippen molar-refractivity contribution >= 4 is 124 Å². The summed E-state index contributed by atoms with van der Waals surface area (Å²) in [5.74, 6) is -20.2. The molecule has 0 bridgehead atoms. The van der Waals surface area contributed by atoms with Crippen molar-refractivity contribution in [2.45, 2.75) is 384 Å². The van der Waals surface area contributed by atoms with Crippen molar-refractivity contribution in [2.75, 3.05) is 19.6 Å². The standard InChI is InChI=1S/C84H147N21O24/c1-47(67(88)113)90-77(123)58(33-25-30-44-85)99-74(120)53(7)93-68(114)49(3)91-70(116)51(5)96-78(124)61(36-39-64(107)108)103-80(126)59(34-26-31-45-86)100-75(121)54(8)94-69(115)50(4)92-71(117)52(6)97-79(125)62(37-40-65(109)110)104-81(127)60(35-27-32-46-87)101-76(122)55(9)95-72(118)56(10)98-83(129)84(42-28-23-21-19-17-15-13-12-14-16-18-20-22-24-29-43-84)105-82(128)63(38-41-66(111)112)102-73(119)48(2)89-57(11)106/h47-56,58-63H,12-46,85-87H2,1-11H3,(H2,88,113)(H,89,106)(H,90,123)(H,91,116)(H,92,117)(H,93,114)(H,94,115)(H,95,118)(H,96,124)(H,97,125)(H,98,129)(H,99,120)(H,100,121)(H,101,122)(H,102,119)(H,103,126)(H,104,127)(H,105,128)(H,107,108)(H,109,110)(H,111,112)/t47-,48-,49-,50-,51-,52-,53-,54-,55-,56-,58-,59-,60-,61-,62-,63-/m0/s1. The molecule has 0 saturated heterocycles. The van der Waals surface area contributed by atoms with Gasteiger partial charge >= 0.3 is 17.9 Å². The second-order valence-electron chi connectivity index (χ2n) is 33.3. The third-order valence-corrected chi connectivity index (χ3v) is 21.7. The van der Waals surface area contributed by atoms with E-state index in [-0.39, 0.29) is 58.0 Å². The Morgan fingerprint density at radius 1 is 0.248 bits per heavy atom. The van der Waals surface area contributed by atoms with Gasteiger partial charge < -0.3 is 129 Å². The fourth-order valence-electron chi connectivity index (χ4n) is 13.6. The molecule has 129 heavy (non-hydrogen) atoms. The Morgan fingerprint density at radius 3 is 0.682 bits per heavy atom. The lowest BCUT2D eigenvalue weighted by Gasteiger charge is -2.36. The second-order valence-corrected chi connectivity index (χ2v) is 33.3. The molecule has 16 atom stereocenters. The van der Waals surface area contributed by atoms with Gasteiger partial charge in [-0.15, -0.1) is 0 Å². The number of hydrogen-bond acceptors (Lipinski definition) is 24. The van der Waals surface area contributed by atoms with Gasteiger partial charge in [0.2, 0.25) is 106 Å². The minimum atomic E-state index is -1.72. The van der Waals surface area contributed by atoms with Crippen molar-refractivity contribution in [2.24, 2.45) is 22.9 Å². The molecule has 0 radical (unpaired) electrons. The molecule has 45 nitrogen and oxygen atoms in total. The van der Waals surface area contributed by atoms with Gasteiger partial charge in [-0.05, 0) is 179 Å². The summed E-state index contributed by atoms with van der Waals surface area (Å²) in [6, 6.07) is -22.5. The Bertz CT molecular complexity index is 3710. The quantitative estimate of drug-likeness (QED) is 0.0269. The monoisotopic (exact) mass is 1830 g/mol. The number of carbonyl (C=O) groups is 21. The van der Waals surface area contributed by atoms with Gasteiger partial charge in [-0.25, -0.2) is 0 Å². The zero-order valence-corrected chi connectivity index (χ0v) is 76.7. The number of rotatable bonds is 55. The maximum Gasteiger partial charge on any atom is 0.303 e. The summed E-state index contributed by atoms with van der Waals surface area (Å²) in [5, 5.41) is 71.1. The molecule has 0 heterocycles. The van der Waals surface area contributed by atoms with Crippen LogP contribution in [0.3, 0.4) is 0 Å². The first-order valence-electron chi connectivity index (χ1n) is 44.9. The van der Waals surface area contributed by atoms with Gasteiger partial charge in [-0.1, -0.05) is 96.3 Å². The minimum Gasteiger partial charge on any atom is -0.481 e. The molecule has 0 aliphatic heterocycles. The molecule has 18 amide bonds. The van der Waals surface area contributed by atoms with E-state index in [9.17, 15) is 111 Å². The molecule has 0 aromatic rings. The molecule has 0 aromatic heterocycles. The Kier molecular flexibility index (Phi) is 56.4. The largest absolute Gasteiger partial charge is 0.481 e. The number of nitrogens with one attached hydrogen (secondary N) is 17. The smallest absolute Gasteiger partial charge is 0.303 e. The van der Waals surface area contributed by atoms with Crippen LogP contribution in [0.15, 0.2) is 0 Å². The minimum absolute atomic E-state index is 0.0761. The maximum atomic E-state index is 15.0. The zero-order chi connectivity index (χ0) is 97.6. The van der Waals surface area contributed by atoms with Gasteiger partial charge in [-0.2, -0.15) is 0 Å². The maximum absolute atomic E-state index is 15.0. The predicted octanol–water partition coefficient (Wildman–Crippen LogP) is -3.07. The first kappa shape index (κ1) is 116. The van der Waals surface area contributed by atoms with Gasteiger partial charge in [0, 0.05) is 26.2 Å². The summed E-state index contributed by atoms with van der Waals surface area (Å²) in [7, 11) is 0. The Balaban J connectivity index is 3.36. The lowest BCUT2D eigenvalue weighted by Crippen LogP contribution is -2.65. The van der Waals surface area contributed by atoms with Gasteiger partial charge in [0.25, 0.3) is 0 Å². The average molecular weight is 1840 g/mol. The van der Waals surface area contributed by atoms with E-state index in [0.29, 0.717) is 57.9 Å². The Morgan fingerprint density at radius 2 is 0.442 bits per heavy atom. The van der Waals surface area contributed by atoms with Gasteiger partial charge in [0.05, 0.1) is 0 Å². The number of unbranched alkanes of at least 4 members (excludes halogenated alkanes) is 3. The van der Waals surface area contributed by atoms with E-state index in [0.717, 1.165) is 64.2 Å². The van der Waals surface area contributed by atoms with Crippen molar-refractivity contribution in [3.63, 3.8) is 0 Å². The number of carboxylic acid groups (broad SMARTS) is 3. The van der Waals surface area contributed by atoms with E-state index in [4.69, 9.17) is 22.9 Å². The van der Waals surface area contributed by atoms with Crippen molar-refractivity contribution in [3.05, 3.63) is 0 Å². The van der Waals surface area contributed by atoms with E-state index in [1.807, 2.05) is 0 Å². The number of amides is 18. The van der Waals surface area contributed by atoms with E-state index >= 15 is 4.79 Å². The first-order chi connectivity index (χ1) is 60.7. The van der Waals surface area contributed by atoms with Crippen molar-refractivity contribution in [1.29, 1.82) is 0 Å². The second kappa shape index (κ2) is 62.9. The molecular weight excluding hydrogens is 1690 g/mol. The molecule has 1 aliphatic rings. The highest BCUT2D eigenvalue weighted by Crippen LogP contribution is 2.27. The number of aliphatic carboxylic acids is 3. The molecule has 28 N–H and O–H groups in total. The summed E-state index contributed by atoms with van der Waals surface area (Å²) in [5.41, 5.74) is 20.6. The van der Waals surface area contributed by atoms with E-state index in [2.05, 4.69) is 90.4 Å². The van der Waals surface area contributed by atoms with Crippen LogP contribution >= 0.6 is 0 Å². The summed E-state index contributed by atoms with van der Waals surface area (Å²) < 4.78 is 0. The van der Waals surface area contributed by atoms with Crippen molar-refractivity contribution in [1.82, 2.24) is 90.4 Å². The number of hydrogen-bond donors (Lipinski definition) is 24. The van der Waals surface area contributed by atoms with Gasteiger partial charge in [-0.3, -0.25) is 101 Å². The fraction of sp³-hybridized carbons (Fsp3) is 0.750. The normalized spacial score (nSPS) is 17.0. The Hall–Kier alpha value is -11.2. The van der Waals surface area contributed by atoms with Crippen LogP contribution in [-0.4, -0.2) is 261 Å². The van der Waals surface area contributed by atoms with Crippen molar-refractivity contribution in [3.8, 4) is 0 Å². The third kappa shape index (κ3) is 47.6. The van der Waals surface area contributed by atoms with Crippen LogP contribution in [-0.2, 0) is 101 Å². The topological polar surface area (TPSA) is 728 Å². The van der Waals surface area contributed by atoms with Crippen molar-refractivity contribution < 1.29 is 116 Å². The summed E-state index contributed by atoms with van der Waals surface area (Å²) in [6.45, 7) is 14.5. The molecule has 1 rings (SSSR count). The molecular formula is C84H147N21O24. The van der Waals surface area contributed by atoms with Crippen LogP contribution in [0.25, 0.3) is 0 Å². The molecule has 1 aliphatic carbocycles. The number of primary amides is 1. The molecule has 732 valence electrons. The average Bonchev–Trinajstić information content (AvgIpc) is 0.809. The van der Waals surface area contributed by atoms with Gasteiger partial charge in [0.15, 0.2) is 0 Å². The first-order valence-corrected chi connectivity index (χ1v) is 44.9. The molecule has 0 unspecified atom stereocenters. The summed E-state index contributed by atoms with van der Waals surface area (Å²) >= 11 is 0. The highest BCUT2D eigenvalue weighted by atomic mass is 16.4.